The molecule has 0 saturated heterocycles. The molecule has 0 spiro atoms. The van der Waals surface area contributed by atoms with E-state index >= 15 is 0 Å². The van der Waals surface area contributed by atoms with Crippen molar-refractivity contribution >= 4 is 29.4 Å². The number of rotatable bonds is 9. The average molecular weight is 429 g/mol. The van der Waals surface area contributed by atoms with Crippen LogP contribution in [-0.2, 0) is 13.2 Å². The molecular weight excluding hydrogens is 407 g/mol. The molecule has 3 aromatic rings. The minimum atomic E-state index is 0.436. The molecule has 0 aromatic heterocycles. The highest BCUT2D eigenvalue weighted by Crippen LogP contribution is 2.29. The molecule has 6 heteroatoms. The zero-order valence-electron chi connectivity index (χ0n) is 16.1. The minimum absolute atomic E-state index is 0.436. The van der Waals surface area contributed by atoms with Gasteiger partial charge in [-0.1, -0.05) is 59.6 Å². The van der Waals surface area contributed by atoms with Gasteiger partial charge in [-0.3, -0.25) is 0 Å². The molecular formula is C23H22Cl2N2O2. The smallest absolute Gasteiger partial charge is 0.161 e. The Morgan fingerprint density at radius 3 is 2.38 bits per heavy atom. The number of hydrogen-bond acceptors (Lipinski definition) is 4. The Labute approximate surface area is 181 Å². The van der Waals surface area contributed by atoms with Crippen molar-refractivity contribution in [2.24, 2.45) is 5.10 Å². The molecule has 1 N–H and O–H groups in total. The van der Waals surface area contributed by atoms with Crippen LogP contribution in [0.1, 0.15) is 23.6 Å². The van der Waals surface area contributed by atoms with Crippen LogP contribution in [0, 0.1) is 0 Å². The average Bonchev–Trinajstić information content (AvgIpc) is 2.73. The van der Waals surface area contributed by atoms with Gasteiger partial charge in [-0.25, -0.2) is 0 Å². The van der Waals surface area contributed by atoms with Gasteiger partial charge >= 0.3 is 0 Å². The molecule has 0 bridgehead atoms. The summed E-state index contributed by atoms with van der Waals surface area (Å²) in [5, 5.41) is 5.47. The fourth-order valence-electron chi connectivity index (χ4n) is 2.67. The van der Waals surface area contributed by atoms with E-state index in [2.05, 4.69) is 10.5 Å². The maximum Gasteiger partial charge on any atom is 0.161 e. The molecule has 0 heterocycles. The maximum absolute atomic E-state index is 6.17. The zero-order chi connectivity index (χ0) is 20.5. The molecule has 0 atom stereocenters. The highest BCUT2D eigenvalue weighted by Gasteiger charge is 2.07. The summed E-state index contributed by atoms with van der Waals surface area (Å²) in [7, 11) is 0. The van der Waals surface area contributed by atoms with E-state index in [1.807, 2.05) is 61.5 Å². The standard InChI is InChI=1S/C23H22Cl2N2O2/c1-2-28-23-13-18(11-12-22(23)29-16-17-7-4-3-5-8-17)14-26-27-15-19-20(24)9-6-10-21(19)25/h3-14,27H,2,15-16H2,1H3/b26-14-. The monoisotopic (exact) mass is 428 g/mol. The van der Waals surface area contributed by atoms with Crippen molar-refractivity contribution in [3.63, 3.8) is 0 Å². The van der Waals surface area contributed by atoms with E-state index in [4.69, 9.17) is 32.7 Å². The van der Waals surface area contributed by atoms with Crippen LogP contribution in [0.15, 0.2) is 71.8 Å². The first-order chi connectivity index (χ1) is 14.2. The Morgan fingerprint density at radius 1 is 0.897 bits per heavy atom. The third-order valence-corrected chi connectivity index (χ3v) is 4.84. The Bertz CT molecular complexity index is 942. The van der Waals surface area contributed by atoms with Crippen molar-refractivity contribution < 1.29 is 9.47 Å². The fraction of sp³-hybridized carbons (Fsp3) is 0.174. The topological polar surface area (TPSA) is 42.8 Å². The molecule has 3 rings (SSSR count). The van der Waals surface area contributed by atoms with Crippen LogP contribution < -0.4 is 14.9 Å². The molecule has 0 fully saturated rings. The Hall–Kier alpha value is -2.69. The van der Waals surface area contributed by atoms with Gasteiger partial charge in [0.1, 0.15) is 6.61 Å². The minimum Gasteiger partial charge on any atom is -0.490 e. The number of ether oxygens (including phenoxy) is 2. The van der Waals surface area contributed by atoms with Crippen LogP contribution in [0.4, 0.5) is 0 Å². The number of benzene rings is 3. The van der Waals surface area contributed by atoms with Crippen molar-refractivity contribution in [2.75, 3.05) is 6.61 Å². The van der Waals surface area contributed by atoms with Gasteiger partial charge in [0.15, 0.2) is 11.5 Å². The largest absolute Gasteiger partial charge is 0.490 e. The highest BCUT2D eigenvalue weighted by atomic mass is 35.5. The van der Waals surface area contributed by atoms with Crippen molar-refractivity contribution in [1.29, 1.82) is 0 Å². The van der Waals surface area contributed by atoms with Gasteiger partial charge in [-0.15, -0.1) is 0 Å². The summed E-state index contributed by atoms with van der Waals surface area (Å²) in [5.41, 5.74) is 5.77. The fourth-order valence-corrected chi connectivity index (χ4v) is 3.20. The SMILES string of the molecule is CCOc1cc(/C=N\NCc2c(Cl)cccc2Cl)ccc1OCc1ccccc1. The van der Waals surface area contributed by atoms with E-state index in [1.165, 1.54) is 0 Å². The molecule has 0 aliphatic heterocycles. The van der Waals surface area contributed by atoms with Crippen molar-refractivity contribution in [2.45, 2.75) is 20.1 Å². The number of hydrazone groups is 1. The third kappa shape index (κ3) is 6.14. The van der Waals surface area contributed by atoms with E-state index in [9.17, 15) is 0 Å². The lowest BCUT2D eigenvalue weighted by atomic mass is 10.2. The second kappa shape index (κ2) is 10.7. The Kier molecular flexibility index (Phi) is 7.79. The van der Waals surface area contributed by atoms with E-state index < -0.39 is 0 Å². The summed E-state index contributed by atoms with van der Waals surface area (Å²) in [5.74, 6) is 1.38. The molecule has 0 unspecified atom stereocenters. The van der Waals surface area contributed by atoms with E-state index in [-0.39, 0.29) is 0 Å². The molecule has 29 heavy (non-hydrogen) atoms. The second-order valence-corrected chi connectivity index (χ2v) is 7.02. The number of nitrogens with one attached hydrogen (secondary N) is 1. The summed E-state index contributed by atoms with van der Waals surface area (Å²) >= 11 is 12.3. The molecule has 0 aliphatic carbocycles. The van der Waals surface area contributed by atoms with Crippen LogP contribution in [0.2, 0.25) is 10.0 Å². The highest BCUT2D eigenvalue weighted by molar-refractivity contribution is 6.35. The summed E-state index contributed by atoms with van der Waals surface area (Å²) in [6.07, 6.45) is 1.72. The van der Waals surface area contributed by atoms with Gasteiger partial charge in [0, 0.05) is 15.6 Å². The van der Waals surface area contributed by atoms with Gasteiger partial charge in [0.2, 0.25) is 0 Å². The molecule has 0 aliphatic rings. The molecule has 3 aromatic carbocycles. The predicted molar refractivity (Wildman–Crippen MR) is 119 cm³/mol. The zero-order valence-corrected chi connectivity index (χ0v) is 17.6. The number of hydrogen-bond donors (Lipinski definition) is 1. The van der Waals surface area contributed by atoms with Gasteiger partial charge in [-0.2, -0.15) is 5.10 Å². The van der Waals surface area contributed by atoms with E-state index in [1.54, 1.807) is 18.3 Å². The lowest BCUT2D eigenvalue weighted by Gasteiger charge is -2.12. The van der Waals surface area contributed by atoms with Gasteiger partial charge in [0.25, 0.3) is 0 Å². The molecule has 0 radical (unpaired) electrons. The van der Waals surface area contributed by atoms with E-state index in [0.29, 0.717) is 41.3 Å². The normalized spacial score (nSPS) is 10.9. The van der Waals surface area contributed by atoms with Gasteiger partial charge < -0.3 is 14.9 Å². The van der Waals surface area contributed by atoms with Crippen LogP contribution in [0.3, 0.4) is 0 Å². The summed E-state index contributed by atoms with van der Waals surface area (Å²) in [6, 6.07) is 21.2. The van der Waals surface area contributed by atoms with Crippen molar-refractivity contribution in [3.05, 3.63) is 93.5 Å². The summed E-state index contributed by atoms with van der Waals surface area (Å²) < 4.78 is 11.7. The molecule has 150 valence electrons. The van der Waals surface area contributed by atoms with Crippen LogP contribution >= 0.6 is 23.2 Å². The first-order valence-electron chi connectivity index (χ1n) is 9.29. The third-order valence-electron chi connectivity index (χ3n) is 4.13. The maximum atomic E-state index is 6.17. The van der Waals surface area contributed by atoms with Crippen molar-refractivity contribution in [3.8, 4) is 11.5 Å². The number of nitrogens with zero attached hydrogens (tertiary/aromatic N) is 1. The second-order valence-electron chi connectivity index (χ2n) is 6.21. The predicted octanol–water partition coefficient (Wildman–Crippen LogP) is 6.09. The lowest BCUT2D eigenvalue weighted by molar-refractivity contribution is 0.269. The van der Waals surface area contributed by atoms with Crippen LogP contribution in [0.25, 0.3) is 0 Å². The van der Waals surface area contributed by atoms with Crippen LogP contribution in [0.5, 0.6) is 11.5 Å². The Balaban J connectivity index is 1.63. The quantitative estimate of drug-likeness (QED) is 0.330. The lowest BCUT2D eigenvalue weighted by Crippen LogP contribution is -2.07. The van der Waals surface area contributed by atoms with E-state index in [0.717, 1.165) is 16.7 Å². The molecule has 4 nitrogen and oxygen atoms in total. The van der Waals surface area contributed by atoms with Crippen LogP contribution in [-0.4, -0.2) is 12.8 Å². The first-order valence-corrected chi connectivity index (χ1v) is 10.1. The van der Waals surface area contributed by atoms with Gasteiger partial charge in [-0.05, 0) is 48.4 Å². The summed E-state index contributed by atoms with van der Waals surface area (Å²) in [4.78, 5) is 0. The molecule has 0 saturated carbocycles. The van der Waals surface area contributed by atoms with Gasteiger partial charge in [0.05, 0.1) is 19.4 Å². The summed E-state index contributed by atoms with van der Waals surface area (Å²) in [6.45, 7) is 3.41. The Morgan fingerprint density at radius 2 is 1.66 bits per heavy atom. The van der Waals surface area contributed by atoms with Crippen molar-refractivity contribution in [1.82, 2.24) is 5.43 Å². The molecule has 0 amide bonds. The first kappa shape index (κ1) is 21.0. The number of halogens is 2.